The maximum Gasteiger partial charge on any atom is 0.313 e. The van der Waals surface area contributed by atoms with Gasteiger partial charge in [0.1, 0.15) is 5.01 Å². The third-order valence-corrected chi connectivity index (χ3v) is 6.14. The summed E-state index contributed by atoms with van der Waals surface area (Å²) in [6.07, 6.45) is 2.03. The molecule has 0 bridgehead atoms. The Morgan fingerprint density at radius 1 is 1.04 bits per heavy atom. The molecule has 0 amide bonds. The Labute approximate surface area is 159 Å². The Bertz CT molecular complexity index is 1100. The lowest BCUT2D eigenvalue weighted by atomic mass is 10.1. The molecule has 0 saturated heterocycles. The van der Waals surface area contributed by atoms with E-state index in [-0.39, 0.29) is 5.75 Å². The van der Waals surface area contributed by atoms with Gasteiger partial charge in [0.25, 0.3) is 0 Å². The van der Waals surface area contributed by atoms with Gasteiger partial charge in [-0.25, -0.2) is 4.98 Å². The fourth-order valence-corrected chi connectivity index (χ4v) is 4.58. The fraction of sp³-hybridized carbons (Fsp3) is 0.0476. The van der Waals surface area contributed by atoms with E-state index in [0.717, 1.165) is 31.1 Å². The number of carboxylic acids is 1. The number of benzene rings is 3. The second-order valence-corrected chi connectivity index (χ2v) is 7.83. The lowest BCUT2D eigenvalue weighted by Gasteiger charge is -2.04. The molecule has 5 heteroatoms. The van der Waals surface area contributed by atoms with E-state index in [1.54, 1.807) is 11.3 Å². The number of nitrogens with zero attached hydrogens (tertiary/aromatic N) is 1. The molecule has 128 valence electrons. The van der Waals surface area contributed by atoms with Crippen molar-refractivity contribution in [2.24, 2.45) is 0 Å². The minimum absolute atomic E-state index is 0.00927. The van der Waals surface area contributed by atoms with E-state index >= 15 is 0 Å². The first kappa shape index (κ1) is 16.8. The van der Waals surface area contributed by atoms with Crippen LogP contribution in [0.5, 0.6) is 0 Å². The number of thioether (sulfide) groups is 1. The number of aliphatic carboxylic acids is 1. The van der Waals surface area contributed by atoms with E-state index in [9.17, 15) is 4.79 Å². The van der Waals surface area contributed by atoms with Crippen molar-refractivity contribution in [3.05, 3.63) is 77.3 Å². The molecule has 0 aliphatic carbocycles. The van der Waals surface area contributed by atoms with Gasteiger partial charge in [-0.1, -0.05) is 48.5 Å². The van der Waals surface area contributed by atoms with E-state index in [4.69, 9.17) is 5.11 Å². The Hall–Kier alpha value is -2.63. The molecule has 1 N–H and O–H groups in total. The van der Waals surface area contributed by atoms with Crippen molar-refractivity contribution < 1.29 is 9.90 Å². The van der Waals surface area contributed by atoms with Crippen molar-refractivity contribution >= 4 is 61.0 Å². The minimum Gasteiger partial charge on any atom is -0.481 e. The summed E-state index contributed by atoms with van der Waals surface area (Å²) in [6.45, 7) is 0. The Balaban J connectivity index is 1.77. The molecule has 4 rings (SSSR count). The first-order chi connectivity index (χ1) is 12.7. The van der Waals surface area contributed by atoms with Crippen molar-refractivity contribution in [3.8, 4) is 0 Å². The predicted octanol–water partition coefficient (Wildman–Crippen LogP) is 5.77. The van der Waals surface area contributed by atoms with E-state index < -0.39 is 5.97 Å². The number of para-hydroxylation sites is 1. The van der Waals surface area contributed by atoms with Gasteiger partial charge in [0.2, 0.25) is 0 Å². The van der Waals surface area contributed by atoms with Gasteiger partial charge in [-0.05, 0) is 40.6 Å². The van der Waals surface area contributed by atoms with Gasteiger partial charge in [-0.15, -0.1) is 23.1 Å². The SMILES string of the molecule is O=C(O)CS/C(=C/c1ccc2ccccc2c1)c1nc2ccccc2s1. The van der Waals surface area contributed by atoms with Crippen molar-refractivity contribution in [2.45, 2.75) is 0 Å². The lowest BCUT2D eigenvalue weighted by molar-refractivity contribution is -0.133. The summed E-state index contributed by atoms with van der Waals surface area (Å²) in [5.41, 5.74) is 1.98. The topological polar surface area (TPSA) is 50.2 Å². The first-order valence-electron chi connectivity index (χ1n) is 8.10. The molecule has 0 unspecified atom stereocenters. The summed E-state index contributed by atoms with van der Waals surface area (Å²) < 4.78 is 1.10. The Morgan fingerprint density at radius 3 is 2.62 bits per heavy atom. The third kappa shape index (κ3) is 3.64. The average molecular weight is 377 g/mol. The highest BCUT2D eigenvalue weighted by molar-refractivity contribution is 8.09. The van der Waals surface area contributed by atoms with Crippen LogP contribution in [-0.4, -0.2) is 21.8 Å². The van der Waals surface area contributed by atoms with E-state index in [2.05, 4.69) is 35.3 Å². The zero-order chi connectivity index (χ0) is 17.9. The zero-order valence-electron chi connectivity index (χ0n) is 13.8. The number of rotatable bonds is 5. The highest BCUT2D eigenvalue weighted by Crippen LogP contribution is 2.35. The van der Waals surface area contributed by atoms with E-state index in [0.29, 0.717) is 0 Å². The summed E-state index contributed by atoms with van der Waals surface area (Å²) in [4.78, 5) is 16.6. The first-order valence-corrected chi connectivity index (χ1v) is 9.90. The van der Waals surface area contributed by atoms with Crippen LogP contribution in [0.3, 0.4) is 0 Å². The maximum atomic E-state index is 11.1. The lowest BCUT2D eigenvalue weighted by Crippen LogP contribution is -1.98. The van der Waals surface area contributed by atoms with Gasteiger partial charge in [-0.3, -0.25) is 4.79 Å². The normalized spacial score (nSPS) is 11.9. The molecule has 0 aliphatic heterocycles. The standard InChI is InChI=1S/C21H15NO2S2/c23-20(24)13-25-19(21-22-17-7-3-4-8-18(17)26-21)12-14-9-10-15-5-1-2-6-16(15)11-14/h1-12H,13H2,(H,23,24)/b19-12+. The van der Waals surface area contributed by atoms with Crippen LogP contribution in [0.15, 0.2) is 66.7 Å². The van der Waals surface area contributed by atoms with Crippen molar-refractivity contribution in [1.82, 2.24) is 4.98 Å². The van der Waals surface area contributed by atoms with Crippen molar-refractivity contribution in [1.29, 1.82) is 0 Å². The molecule has 0 atom stereocenters. The molecule has 26 heavy (non-hydrogen) atoms. The maximum absolute atomic E-state index is 11.1. The van der Waals surface area contributed by atoms with E-state index in [1.807, 2.05) is 42.5 Å². The van der Waals surface area contributed by atoms with Gasteiger partial charge in [0.15, 0.2) is 0 Å². The highest BCUT2D eigenvalue weighted by Gasteiger charge is 2.12. The monoisotopic (exact) mass is 377 g/mol. The molecule has 0 radical (unpaired) electrons. The smallest absolute Gasteiger partial charge is 0.313 e. The number of thiazole rings is 1. The quantitative estimate of drug-likeness (QED) is 0.480. The molecule has 0 spiro atoms. The molecule has 4 aromatic rings. The number of aromatic nitrogens is 1. The number of fused-ring (bicyclic) bond motifs is 2. The van der Waals surface area contributed by atoms with Crippen LogP contribution in [0.2, 0.25) is 0 Å². The van der Waals surface area contributed by atoms with Crippen LogP contribution in [0.4, 0.5) is 0 Å². The van der Waals surface area contributed by atoms with Gasteiger partial charge in [0, 0.05) is 4.91 Å². The summed E-state index contributed by atoms with van der Waals surface area (Å²) in [7, 11) is 0. The summed E-state index contributed by atoms with van der Waals surface area (Å²) >= 11 is 2.89. The molecule has 0 aliphatic rings. The van der Waals surface area contributed by atoms with Crippen LogP contribution < -0.4 is 0 Å². The van der Waals surface area contributed by atoms with Crippen molar-refractivity contribution in [2.75, 3.05) is 5.75 Å². The molecule has 1 heterocycles. The van der Waals surface area contributed by atoms with Crippen LogP contribution in [-0.2, 0) is 4.79 Å². The Kier molecular flexibility index (Phi) is 4.73. The molecule has 3 aromatic carbocycles. The van der Waals surface area contributed by atoms with Gasteiger partial charge in [-0.2, -0.15) is 0 Å². The van der Waals surface area contributed by atoms with Crippen LogP contribution in [0.25, 0.3) is 32.0 Å². The second-order valence-electron chi connectivity index (χ2n) is 5.78. The molecule has 0 fully saturated rings. The number of hydrogen-bond donors (Lipinski definition) is 1. The molecule has 3 nitrogen and oxygen atoms in total. The Morgan fingerprint density at radius 2 is 1.81 bits per heavy atom. The van der Waals surface area contributed by atoms with E-state index in [1.165, 1.54) is 17.1 Å². The second kappa shape index (κ2) is 7.32. The van der Waals surface area contributed by atoms with Gasteiger partial charge < -0.3 is 5.11 Å². The summed E-state index contributed by atoms with van der Waals surface area (Å²) in [5.74, 6) is -0.824. The van der Waals surface area contributed by atoms with Gasteiger partial charge in [0.05, 0.1) is 16.0 Å². The van der Waals surface area contributed by atoms with Crippen LogP contribution >= 0.6 is 23.1 Å². The molecule has 1 aromatic heterocycles. The molecular weight excluding hydrogens is 362 g/mol. The minimum atomic E-state index is -0.833. The number of hydrogen-bond acceptors (Lipinski definition) is 4. The molecular formula is C21H15NO2S2. The van der Waals surface area contributed by atoms with Crippen LogP contribution in [0, 0.1) is 0 Å². The summed E-state index contributed by atoms with van der Waals surface area (Å²) in [6, 6.07) is 22.4. The predicted molar refractivity (Wildman–Crippen MR) is 112 cm³/mol. The largest absolute Gasteiger partial charge is 0.481 e. The van der Waals surface area contributed by atoms with Gasteiger partial charge >= 0.3 is 5.97 Å². The molecule has 0 saturated carbocycles. The average Bonchev–Trinajstić information content (AvgIpc) is 3.09. The van der Waals surface area contributed by atoms with Crippen molar-refractivity contribution in [3.63, 3.8) is 0 Å². The zero-order valence-corrected chi connectivity index (χ0v) is 15.4. The van der Waals surface area contributed by atoms with Crippen LogP contribution in [0.1, 0.15) is 10.6 Å². The number of carbonyl (C=O) groups is 1. The summed E-state index contributed by atoms with van der Waals surface area (Å²) in [5, 5.41) is 12.3. The highest BCUT2D eigenvalue weighted by atomic mass is 32.2. The fourth-order valence-electron chi connectivity index (χ4n) is 2.73. The number of carboxylic acid groups (broad SMARTS) is 1. The third-order valence-electron chi connectivity index (χ3n) is 3.93.